The fourth-order valence-corrected chi connectivity index (χ4v) is 3.06. The number of rotatable bonds is 6. The summed E-state index contributed by atoms with van der Waals surface area (Å²) in [5, 5.41) is 0. The molecule has 1 atom stereocenters. The van der Waals surface area contributed by atoms with Gasteiger partial charge in [-0.05, 0) is 35.4 Å². The predicted octanol–water partition coefficient (Wildman–Crippen LogP) is 4.97. The zero-order valence-corrected chi connectivity index (χ0v) is 17.5. The Labute approximate surface area is 169 Å². The third kappa shape index (κ3) is 5.29. The molecule has 6 heteroatoms. The topological polar surface area (TPSA) is 52.6 Å². The van der Waals surface area contributed by atoms with E-state index in [0.717, 1.165) is 20.1 Å². The third-order valence-corrected chi connectivity index (χ3v) is 4.95. The number of carbonyl (C=O) groups excluding carboxylic acids is 2. The lowest BCUT2D eigenvalue weighted by Crippen LogP contribution is -2.31. The molecule has 0 spiro atoms. The van der Waals surface area contributed by atoms with Crippen LogP contribution in [-0.2, 0) is 19.1 Å². The smallest absolute Gasteiger partial charge is 0.321 e. The molecule has 0 saturated heterocycles. The minimum absolute atomic E-state index is 0.522. The zero-order valence-electron chi connectivity index (χ0n) is 14.3. The molecule has 0 aliphatic carbocycles. The maximum atomic E-state index is 12.3. The highest BCUT2D eigenvalue weighted by Crippen LogP contribution is 2.30. The number of halogens is 2. The Balaban J connectivity index is 2.46. The van der Waals surface area contributed by atoms with E-state index in [1.54, 1.807) is 0 Å². The summed E-state index contributed by atoms with van der Waals surface area (Å²) in [7, 11) is 2.52. The van der Waals surface area contributed by atoms with Crippen molar-refractivity contribution in [3.8, 4) is 0 Å². The summed E-state index contributed by atoms with van der Waals surface area (Å²) < 4.78 is 11.6. The van der Waals surface area contributed by atoms with Crippen LogP contribution in [0.4, 0.5) is 0 Å². The Morgan fingerprint density at radius 3 is 1.77 bits per heavy atom. The highest BCUT2D eigenvalue weighted by molar-refractivity contribution is 9.10. The highest BCUT2D eigenvalue weighted by Gasteiger charge is 2.36. The third-order valence-electron chi connectivity index (χ3n) is 3.89. The van der Waals surface area contributed by atoms with Crippen molar-refractivity contribution >= 4 is 49.9 Å². The molecule has 0 unspecified atom stereocenters. The van der Waals surface area contributed by atoms with E-state index in [-0.39, 0.29) is 0 Å². The van der Waals surface area contributed by atoms with E-state index in [2.05, 4.69) is 31.9 Å². The Hall–Kier alpha value is -1.92. The van der Waals surface area contributed by atoms with E-state index in [1.165, 1.54) is 14.2 Å². The number of esters is 2. The Kier molecular flexibility index (Phi) is 7.60. The number of allylic oxidation sites excluding steroid dienone is 1. The van der Waals surface area contributed by atoms with Crippen molar-refractivity contribution in [1.29, 1.82) is 0 Å². The first kappa shape index (κ1) is 20.4. The van der Waals surface area contributed by atoms with Gasteiger partial charge in [0, 0.05) is 14.9 Å². The van der Waals surface area contributed by atoms with Gasteiger partial charge in [0.15, 0.2) is 5.92 Å². The van der Waals surface area contributed by atoms with Crippen LogP contribution in [0.3, 0.4) is 0 Å². The van der Waals surface area contributed by atoms with E-state index in [0.29, 0.717) is 0 Å². The van der Waals surface area contributed by atoms with Crippen molar-refractivity contribution in [3.05, 3.63) is 74.7 Å². The summed E-state index contributed by atoms with van der Waals surface area (Å²) in [6, 6.07) is 15.2. The van der Waals surface area contributed by atoms with Crippen molar-refractivity contribution in [3.63, 3.8) is 0 Å². The number of hydrogen-bond acceptors (Lipinski definition) is 4. The molecule has 0 fully saturated rings. The molecule has 2 rings (SSSR count). The Morgan fingerprint density at radius 2 is 1.31 bits per heavy atom. The van der Waals surface area contributed by atoms with E-state index in [4.69, 9.17) is 9.47 Å². The van der Waals surface area contributed by atoms with Crippen molar-refractivity contribution in [1.82, 2.24) is 0 Å². The minimum atomic E-state index is -1.09. The van der Waals surface area contributed by atoms with Gasteiger partial charge in [-0.1, -0.05) is 68.3 Å². The number of carbonyl (C=O) groups is 2. The lowest BCUT2D eigenvalue weighted by Gasteiger charge is -2.21. The van der Waals surface area contributed by atoms with Crippen molar-refractivity contribution in [2.45, 2.75) is 5.92 Å². The van der Waals surface area contributed by atoms with Crippen molar-refractivity contribution in [2.75, 3.05) is 14.2 Å². The van der Waals surface area contributed by atoms with Crippen LogP contribution >= 0.6 is 31.9 Å². The number of hydrogen-bond donors (Lipinski definition) is 0. The summed E-state index contributed by atoms with van der Waals surface area (Å²) >= 11 is 6.79. The summed E-state index contributed by atoms with van der Waals surface area (Å²) in [4.78, 5) is 24.6. The molecule has 136 valence electrons. The van der Waals surface area contributed by atoms with Crippen LogP contribution in [0, 0.1) is 5.92 Å². The quantitative estimate of drug-likeness (QED) is 0.431. The van der Waals surface area contributed by atoms with Gasteiger partial charge in [0.05, 0.1) is 14.2 Å². The van der Waals surface area contributed by atoms with Crippen molar-refractivity contribution < 1.29 is 19.1 Å². The number of benzene rings is 2. The van der Waals surface area contributed by atoms with Gasteiger partial charge >= 0.3 is 11.9 Å². The molecule has 4 nitrogen and oxygen atoms in total. The summed E-state index contributed by atoms with van der Waals surface area (Å²) in [5.74, 6) is -2.88. The maximum Gasteiger partial charge on any atom is 0.321 e. The van der Waals surface area contributed by atoms with Gasteiger partial charge in [-0.2, -0.15) is 0 Å². The SMILES string of the molecule is COC(=O)C(C(=O)OC)[C@@H](/C=C/c1ccc(Br)cc1)c1ccc(Br)cc1. The lowest BCUT2D eigenvalue weighted by atomic mass is 9.85. The molecule has 0 aromatic heterocycles. The molecule has 2 aromatic carbocycles. The average Bonchev–Trinajstić information content (AvgIpc) is 2.66. The first-order valence-corrected chi connectivity index (χ1v) is 9.39. The van der Waals surface area contributed by atoms with Gasteiger partial charge in [0.25, 0.3) is 0 Å². The standard InChI is InChI=1S/C20H18Br2O4/c1-25-19(23)18(20(24)26-2)17(14-6-10-16(22)11-7-14)12-5-13-3-8-15(21)9-4-13/h3-12,17-18H,1-2H3/b12-5+/t17-/m0/s1. The van der Waals surface area contributed by atoms with Crippen LogP contribution in [0.15, 0.2) is 63.6 Å². The zero-order chi connectivity index (χ0) is 19.1. The van der Waals surface area contributed by atoms with Gasteiger partial charge in [-0.15, -0.1) is 0 Å². The molecule has 0 aliphatic heterocycles. The molecule has 2 aromatic rings. The second-order valence-corrected chi connectivity index (χ2v) is 7.34. The first-order chi connectivity index (χ1) is 12.5. The van der Waals surface area contributed by atoms with Gasteiger partial charge in [0.1, 0.15) is 0 Å². The van der Waals surface area contributed by atoms with Gasteiger partial charge in [-0.3, -0.25) is 9.59 Å². The summed E-state index contributed by atoms with van der Waals surface area (Å²) in [5.41, 5.74) is 1.76. The lowest BCUT2D eigenvalue weighted by molar-refractivity contribution is -0.159. The van der Waals surface area contributed by atoms with Crippen molar-refractivity contribution in [2.24, 2.45) is 5.92 Å². The Bertz CT molecular complexity index is 766. The van der Waals surface area contributed by atoms with Gasteiger partial charge in [-0.25, -0.2) is 0 Å². The van der Waals surface area contributed by atoms with Crippen LogP contribution in [-0.4, -0.2) is 26.2 Å². The summed E-state index contributed by atoms with van der Waals surface area (Å²) in [6.45, 7) is 0. The maximum absolute atomic E-state index is 12.3. The molecule has 26 heavy (non-hydrogen) atoms. The van der Waals surface area contributed by atoms with Crippen LogP contribution in [0.25, 0.3) is 6.08 Å². The molecule has 0 N–H and O–H groups in total. The average molecular weight is 482 g/mol. The van der Waals surface area contributed by atoms with Crippen LogP contribution in [0.2, 0.25) is 0 Å². The summed E-state index contributed by atoms with van der Waals surface area (Å²) in [6.07, 6.45) is 3.70. The number of methoxy groups -OCH3 is 2. The van der Waals surface area contributed by atoms with E-state index in [1.807, 2.05) is 60.7 Å². The molecule has 0 bridgehead atoms. The van der Waals surface area contributed by atoms with Crippen LogP contribution in [0.1, 0.15) is 17.0 Å². The fraction of sp³-hybridized carbons (Fsp3) is 0.200. The molecule has 0 aliphatic rings. The highest BCUT2D eigenvalue weighted by atomic mass is 79.9. The monoisotopic (exact) mass is 480 g/mol. The largest absolute Gasteiger partial charge is 0.468 e. The van der Waals surface area contributed by atoms with E-state index >= 15 is 0 Å². The fourth-order valence-electron chi connectivity index (χ4n) is 2.53. The molecule has 0 saturated carbocycles. The second kappa shape index (κ2) is 9.69. The van der Waals surface area contributed by atoms with Gasteiger partial charge < -0.3 is 9.47 Å². The van der Waals surface area contributed by atoms with E-state index in [9.17, 15) is 9.59 Å². The Morgan fingerprint density at radius 1 is 0.846 bits per heavy atom. The van der Waals surface area contributed by atoms with Gasteiger partial charge in [0.2, 0.25) is 0 Å². The minimum Gasteiger partial charge on any atom is -0.468 e. The molecule has 0 amide bonds. The predicted molar refractivity (Wildman–Crippen MR) is 108 cm³/mol. The molecular weight excluding hydrogens is 464 g/mol. The number of ether oxygens (including phenoxy) is 2. The molecule has 0 heterocycles. The second-order valence-electron chi connectivity index (χ2n) is 5.51. The van der Waals surface area contributed by atoms with Crippen LogP contribution in [0.5, 0.6) is 0 Å². The normalized spacial score (nSPS) is 12.2. The molecular formula is C20H18Br2O4. The first-order valence-electron chi connectivity index (χ1n) is 7.81. The van der Waals surface area contributed by atoms with E-state index < -0.39 is 23.8 Å². The van der Waals surface area contributed by atoms with Crippen LogP contribution < -0.4 is 0 Å². The molecule has 0 radical (unpaired) electrons.